The standard InChI is InChI=1S/C21H34ClN5O3/c1-14-15(22)9-8-10-16(14)26-17(28)11-12-24-18(23-7)25-13-21(5,6)27-19(29)30-20(2,3)4/h8-10H,11-13H2,1-7H3,(H,26,28)(H,27,29)(H2,23,24,25). The highest BCUT2D eigenvalue weighted by molar-refractivity contribution is 6.31. The van der Waals surface area contributed by atoms with E-state index in [1.807, 2.05) is 47.6 Å². The first-order chi connectivity index (χ1) is 13.8. The molecule has 0 radical (unpaired) electrons. The average molecular weight is 440 g/mol. The number of anilines is 1. The summed E-state index contributed by atoms with van der Waals surface area (Å²) in [5.74, 6) is 0.399. The van der Waals surface area contributed by atoms with Crippen LogP contribution in [0.15, 0.2) is 23.2 Å². The Morgan fingerprint density at radius 3 is 2.40 bits per heavy atom. The number of guanidine groups is 1. The second-order valence-corrected chi connectivity index (χ2v) is 8.98. The highest BCUT2D eigenvalue weighted by atomic mass is 35.5. The molecule has 2 amide bonds. The maximum Gasteiger partial charge on any atom is 0.408 e. The van der Waals surface area contributed by atoms with E-state index in [1.165, 1.54) is 0 Å². The summed E-state index contributed by atoms with van der Waals surface area (Å²) in [5.41, 5.74) is 0.402. The monoisotopic (exact) mass is 439 g/mol. The zero-order valence-corrected chi connectivity index (χ0v) is 19.7. The Labute approximate surface area is 184 Å². The number of aliphatic imine (C=N–C) groups is 1. The molecule has 0 heterocycles. The van der Waals surface area contributed by atoms with E-state index in [0.717, 1.165) is 5.56 Å². The van der Waals surface area contributed by atoms with E-state index < -0.39 is 17.2 Å². The van der Waals surface area contributed by atoms with Crippen molar-refractivity contribution in [1.29, 1.82) is 0 Å². The van der Waals surface area contributed by atoms with Crippen molar-refractivity contribution in [3.8, 4) is 0 Å². The van der Waals surface area contributed by atoms with Gasteiger partial charge in [-0.3, -0.25) is 9.79 Å². The van der Waals surface area contributed by atoms with Crippen LogP contribution in [0.4, 0.5) is 10.5 Å². The zero-order chi connectivity index (χ0) is 22.9. The van der Waals surface area contributed by atoms with Gasteiger partial charge in [-0.05, 0) is 59.2 Å². The molecular weight excluding hydrogens is 406 g/mol. The minimum atomic E-state index is -0.568. The molecule has 8 nitrogen and oxygen atoms in total. The molecule has 0 aliphatic heterocycles. The Bertz CT molecular complexity index is 772. The number of nitrogens with zero attached hydrogens (tertiary/aromatic N) is 1. The largest absolute Gasteiger partial charge is 0.444 e. The molecule has 0 aromatic heterocycles. The van der Waals surface area contributed by atoms with Crippen molar-refractivity contribution in [3.05, 3.63) is 28.8 Å². The van der Waals surface area contributed by atoms with Crippen LogP contribution >= 0.6 is 11.6 Å². The summed E-state index contributed by atoms with van der Waals surface area (Å²) in [6.45, 7) is 11.9. The number of nitrogens with one attached hydrogen (secondary N) is 4. The van der Waals surface area contributed by atoms with Gasteiger partial charge < -0.3 is 26.0 Å². The smallest absolute Gasteiger partial charge is 0.408 e. The third-order valence-electron chi connectivity index (χ3n) is 3.95. The molecule has 0 aliphatic rings. The quantitative estimate of drug-likeness (QED) is 0.385. The summed E-state index contributed by atoms with van der Waals surface area (Å²) in [6, 6.07) is 5.39. The van der Waals surface area contributed by atoms with Crippen molar-refractivity contribution in [3.63, 3.8) is 0 Å². The molecule has 1 aromatic rings. The highest BCUT2D eigenvalue weighted by Gasteiger charge is 2.24. The van der Waals surface area contributed by atoms with Gasteiger partial charge in [0.25, 0.3) is 0 Å². The van der Waals surface area contributed by atoms with E-state index in [1.54, 1.807) is 19.2 Å². The van der Waals surface area contributed by atoms with Gasteiger partial charge >= 0.3 is 6.09 Å². The van der Waals surface area contributed by atoms with Gasteiger partial charge in [0.15, 0.2) is 5.96 Å². The number of halogens is 1. The van der Waals surface area contributed by atoms with Crippen molar-refractivity contribution < 1.29 is 14.3 Å². The number of carbonyl (C=O) groups is 2. The van der Waals surface area contributed by atoms with E-state index in [0.29, 0.717) is 29.8 Å². The molecule has 30 heavy (non-hydrogen) atoms. The molecule has 0 aliphatic carbocycles. The Morgan fingerprint density at radius 2 is 1.80 bits per heavy atom. The average Bonchev–Trinajstić information content (AvgIpc) is 2.59. The van der Waals surface area contributed by atoms with E-state index >= 15 is 0 Å². The maximum atomic E-state index is 12.2. The summed E-state index contributed by atoms with van der Waals surface area (Å²) in [6.07, 6.45) is -0.225. The Kier molecular flexibility index (Phi) is 9.42. The van der Waals surface area contributed by atoms with E-state index in [2.05, 4.69) is 26.3 Å². The second-order valence-electron chi connectivity index (χ2n) is 8.57. The Balaban J connectivity index is 2.43. The number of benzene rings is 1. The van der Waals surface area contributed by atoms with Gasteiger partial charge in [0, 0.05) is 37.3 Å². The Morgan fingerprint density at radius 1 is 1.13 bits per heavy atom. The molecule has 0 atom stereocenters. The van der Waals surface area contributed by atoms with E-state index in [9.17, 15) is 9.59 Å². The van der Waals surface area contributed by atoms with Crippen molar-refractivity contribution in [2.75, 3.05) is 25.5 Å². The van der Waals surface area contributed by atoms with Crippen molar-refractivity contribution in [2.24, 2.45) is 4.99 Å². The fraction of sp³-hybridized carbons (Fsp3) is 0.571. The lowest BCUT2D eigenvalue weighted by molar-refractivity contribution is -0.116. The van der Waals surface area contributed by atoms with Crippen molar-refractivity contribution in [1.82, 2.24) is 16.0 Å². The van der Waals surface area contributed by atoms with Gasteiger partial charge in [-0.25, -0.2) is 4.79 Å². The molecule has 1 aromatic carbocycles. The fourth-order valence-corrected chi connectivity index (χ4v) is 2.57. The third-order valence-corrected chi connectivity index (χ3v) is 4.36. The Hall–Kier alpha value is -2.48. The molecule has 9 heteroatoms. The van der Waals surface area contributed by atoms with Crippen LogP contribution in [-0.4, -0.2) is 49.2 Å². The summed E-state index contributed by atoms with van der Waals surface area (Å²) >= 11 is 6.07. The molecular formula is C21H34ClN5O3. The lowest BCUT2D eigenvalue weighted by atomic mass is 10.1. The number of rotatable bonds is 7. The topological polar surface area (TPSA) is 104 Å². The van der Waals surface area contributed by atoms with Crippen LogP contribution in [0, 0.1) is 6.92 Å². The van der Waals surface area contributed by atoms with Gasteiger partial charge in [-0.1, -0.05) is 17.7 Å². The lowest BCUT2D eigenvalue weighted by Gasteiger charge is -2.29. The van der Waals surface area contributed by atoms with Crippen LogP contribution in [-0.2, 0) is 9.53 Å². The molecule has 0 saturated carbocycles. The van der Waals surface area contributed by atoms with Gasteiger partial charge in [0.1, 0.15) is 5.60 Å². The van der Waals surface area contributed by atoms with Crippen LogP contribution < -0.4 is 21.3 Å². The van der Waals surface area contributed by atoms with Crippen LogP contribution in [0.2, 0.25) is 5.02 Å². The van der Waals surface area contributed by atoms with Gasteiger partial charge in [0.2, 0.25) is 5.91 Å². The molecule has 0 saturated heterocycles. The van der Waals surface area contributed by atoms with Gasteiger partial charge in [0.05, 0.1) is 5.54 Å². The second kappa shape index (κ2) is 11.1. The minimum Gasteiger partial charge on any atom is -0.444 e. The number of carbonyl (C=O) groups excluding carboxylic acids is 2. The number of hydrogen-bond acceptors (Lipinski definition) is 4. The highest BCUT2D eigenvalue weighted by Crippen LogP contribution is 2.22. The summed E-state index contributed by atoms with van der Waals surface area (Å²) in [7, 11) is 1.64. The maximum absolute atomic E-state index is 12.2. The number of ether oxygens (including phenoxy) is 1. The van der Waals surface area contributed by atoms with Crippen molar-refractivity contribution >= 4 is 35.2 Å². The van der Waals surface area contributed by atoms with Crippen molar-refractivity contribution in [2.45, 2.75) is 59.1 Å². The van der Waals surface area contributed by atoms with Crippen LogP contribution in [0.3, 0.4) is 0 Å². The third kappa shape index (κ3) is 9.82. The molecule has 4 N–H and O–H groups in total. The molecule has 168 valence electrons. The first-order valence-corrected chi connectivity index (χ1v) is 10.2. The molecule has 0 spiro atoms. The molecule has 0 bridgehead atoms. The molecule has 0 fully saturated rings. The summed E-state index contributed by atoms with van der Waals surface area (Å²) in [4.78, 5) is 28.3. The number of hydrogen-bond donors (Lipinski definition) is 4. The number of alkyl carbamates (subject to hydrolysis) is 1. The summed E-state index contributed by atoms with van der Waals surface area (Å²) < 4.78 is 5.29. The first-order valence-electron chi connectivity index (χ1n) is 9.83. The number of amides is 2. The fourth-order valence-electron chi connectivity index (χ4n) is 2.40. The van der Waals surface area contributed by atoms with E-state index in [-0.39, 0.29) is 12.3 Å². The normalized spacial score (nSPS) is 12.2. The van der Waals surface area contributed by atoms with Gasteiger partial charge in [-0.2, -0.15) is 0 Å². The lowest BCUT2D eigenvalue weighted by Crippen LogP contribution is -2.54. The minimum absolute atomic E-state index is 0.129. The van der Waals surface area contributed by atoms with Crippen LogP contribution in [0.25, 0.3) is 0 Å². The van der Waals surface area contributed by atoms with Crippen LogP contribution in [0.5, 0.6) is 0 Å². The van der Waals surface area contributed by atoms with Crippen LogP contribution in [0.1, 0.15) is 46.6 Å². The predicted molar refractivity (Wildman–Crippen MR) is 122 cm³/mol. The SMILES string of the molecule is CN=C(NCCC(=O)Nc1cccc(Cl)c1C)NCC(C)(C)NC(=O)OC(C)(C)C. The predicted octanol–water partition coefficient (Wildman–Crippen LogP) is 3.45. The first kappa shape index (κ1) is 25.6. The zero-order valence-electron chi connectivity index (χ0n) is 18.9. The van der Waals surface area contributed by atoms with E-state index in [4.69, 9.17) is 16.3 Å². The molecule has 1 rings (SSSR count). The molecule has 0 unspecified atom stereocenters. The van der Waals surface area contributed by atoms with Gasteiger partial charge in [-0.15, -0.1) is 0 Å². The summed E-state index contributed by atoms with van der Waals surface area (Å²) in [5, 5.41) is 12.5.